The first-order chi connectivity index (χ1) is 18.8. The summed E-state index contributed by atoms with van der Waals surface area (Å²) in [6.45, 7) is 11.4. The number of nitrogens with zero attached hydrogens (tertiary/aromatic N) is 2. The number of benzene rings is 4. The van der Waals surface area contributed by atoms with E-state index in [0.29, 0.717) is 5.92 Å². The van der Waals surface area contributed by atoms with Crippen LogP contribution in [-0.2, 0) is 12.8 Å². The molecule has 0 saturated carbocycles. The highest BCUT2D eigenvalue weighted by atomic mass is 79.9. The van der Waals surface area contributed by atoms with Crippen LogP contribution in [0.5, 0.6) is 0 Å². The lowest BCUT2D eigenvalue weighted by Crippen LogP contribution is -2.35. The van der Waals surface area contributed by atoms with E-state index in [1.165, 1.54) is 67.0 Å². The number of aryl methyl sites for hydroxylation is 3. The Balaban J connectivity index is 1.80. The van der Waals surface area contributed by atoms with Gasteiger partial charge < -0.3 is 0 Å². The Morgan fingerprint density at radius 2 is 1.21 bits per heavy atom. The van der Waals surface area contributed by atoms with Crippen molar-refractivity contribution in [2.45, 2.75) is 69.7 Å². The third-order valence-corrected chi connectivity index (χ3v) is 9.62. The SMILES string of the molecule is CCCc1cccc(CCC)c1[N+]1=C2C(=[N+](c3c(C)cccc3C(C)C)C1(Br)Br)c1cccc3cccc2c13. The van der Waals surface area contributed by atoms with Gasteiger partial charge in [0, 0.05) is 27.6 Å². The molecule has 0 spiro atoms. The molecule has 6 rings (SSSR count). The summed E-state index contributed by atoms with van der Waals surface area (Å²) in [4.78, 5) is 0. The molecule has 4 aromatic carbocycles. The van der Waals surface area contributed by atoms with Gasteiger partial charge in [-0.1, -0.05) is 101 Å². The van der Waals surface area contributed by atoms with Crippen LogP contribution in [0.3, 0.4) is 0 Å². The predicted octanol–water partition coefficient (Wildman–Crippen LogP) is 9.87. The molecule has 1 aliphatic heterocycles. The van der Waals surface area contributed by atoms with Crippen LogP contribution in [0.4, 0.5) is 11.4 Å². The van der Waals surface area contributed by atoms with Gasteiger partial charge in [0.2, 0.25) is 11.4 Å². The Hall–Kier alpha value is -2.56. The Kier molecular flexibility index (Phi) is 6.92. The van der Waals surface area contributed by atoms with E-state index in [1.54, 1.807) is 0 Å². The van der Waals surface area contributed by atoms with Crippen molar-refractivity contribution in [2.75, 3.05) is 0 Å². The first-order valence-corrected chi connectivity index (χ1v) is 15.8. The quantitative estimate of drug-likeness (QED) is 0.107. The lowest BCUT2D eigenvalue weighted by Gasteiger charge is -2.20. The van der Waals surface area contributed by atoms with Crippen LogP contribution >= 0.6 is 31.9 Å². The Morgan fingerprint density at radius 3 is 1.74 bits per heavy atom. The molecular formula is C35H36Br2N2+2. The zero-order valence-electron chi connectivity index (χ0n) is 23.5. The molecule has 0 radical (unpaired) electrons. The fraction of sp³-hybridized carbons (Fsp3) is 0.314. The summed E-state index contributed by atoms with van der Waals surface area (Å²) in [5.41, 5.74) is 13.2. The molecule has 0 saturated heterocycles. The van der Waals surface area contributed by atoms with Crippen LogP contribution in [0.15, 0.2) is 72.8 Å². The second-order valence-corrected chi connectivity index (χ2v) is 14.5. The summed E-state index contributed by atoms with van der Waals surface area (Å²) in [7, 11) is 0. The monoisotopic (exact) mass is 642 g/mol. The van der Waals surface area contributed by atoms with Gasteiger partial charge in [0.25, 0.3) is 11.4 Å². The second-order valence-electron chi connectivity index (χ2n) is 11.2. The maximum Gasteiger partial charge on any atom is 0.473 e. The van der Waals surface area contributed by atoms with Crippen LogP contribution in [0, 0.1) is 6.92 Å². The number of fused-ring (bicyclic) bond motifs is 3. The minimum absolute atomic E-state index is 0.386. The molecule has 0 fully saturated rings. The highest BCUT2D eigenvalue weighted by Crippen LogP contribution is 2.50. The Bertz CT molecular complexity index is 1660. The van der Waals surface area contributed by atoms with E-state index in [9.17, 15) is 0 Å². The van der Waals surface area contributed by atoms with Crippen molar-refractivity contribution in [3.8, 4) is 0 Å². The summed E-state index contributed by atoms with van der Waals surface area (Å²) in [6.07, 6.45) is 4.30. The van der Waals surface area contributed by atoms with E-state index < -0.39 is 3.48 Å². The molecule has 0 unspecified atom stereocenters. The van der Waals surface area contributed by atoms with Crippen molar-refractivity contribution in [3.05, 3.63) is 106 Å². The highest BCUT2D eigenvalue weighted by molar-refractivity contribution is 9.25. The van der Waals surface area contributed by atoms with Gasteiger partial charge in [-0.3, -0.25) is 0 Å². The maximum absolute atomic E-state index is 4.32. The van der Waals surface area contributed by atoms with Crippen molar-refractivity contribution < 1.29 is 9.15 Å². The van der Waals surface area contributed by atoms with Gasteiger partial charge in [-0.2, -0.15) is 0 Å². The van der Waals surface area contributed by atoms with Gasteiger partial charge in [-0.15, -0.1) is 9.15 Å². The number of alkyl halides is 2. The first-order valence-electron chi connectivity index (χ1n) is 14.3. The molecule has 4 aromatic rings. The summed E-state index contributed by atoms with van der Waals surface area (Å²) in [5.74, 6) is 0.386. The summed E-state index contributed by atoms with van der Waals surface area (Å²) >= 11 is 8.64. The van der Waals surface area contributed by atoms with Crippen LogP contribution in [0.25, 0.3) is 10.8 Å². The van der Waals surface area contributed by atoms with Crippen molar-refractivity contribution in [1.82, 2.24) is 0 Å². The van der Waals surface area contributed by atoms with E-state index >= 15 is 0 Å². The largest absolute Gasteiger partial charge is 0.473 e. The Morgan fingerprint density at radius 1 is 0.692 bits per heavy atom. The zero-order valence-corrected chi connectivity index (χ0v) is 26.7. The topological polar surface area (TPSA) is 6.02 Å². The summed E-state index contributed by atoms with van der Waals surface area (Å²) < 4.78 is 4.41. The minimum atomic E-state index is -0.678. The van der Waals surface area contributed by atoms with E-state index in [-0.39, 0.29) is 0 Å². The normalized spacial score (nSPS) is 15.7. The lowest BCUT2D eigenvalue weighted by atomic mass is 9.97. The van der Waals surface area contributed by atoms with E-state index in [1.807, 2.05) is 0 Å². The molecule has 198 valence electrons. The number of hydrogen-bond acceptors (Lipinski definition) is 0. The third kappa shape index (κ3) is 4.01. The van der Waals surface area contributed by atoms with Gasteiger partial charge in [-0.05, 0) is 43.2 Å². The van der Waals surface area contributed by atoms with E-state index in [0.717, 1.165) is 25.7 Å². The molecule has 1 aliphatic carbocycles. The molecule has 2 nitrogen and oxygen atoms in total. The molecule has 4 heteroatoms. The van der Waals surface area contributed by atoms with Crippen molar-refractivity contribution in [3.63, 3.8) is 0 Å². The van der Waals surface area contributed by atoms with E-state index in [4.69, 9.17) is 0 Å². The van der Waals surface area contributed by atoms with Crippen LogP contribution in [-0.4, -0.2) is 24.1 Å². The molecule has 0 atom stereocenters. The molecule has 1 heterocycles. The summed E-state index contributed by atoms with van der Waals surface area (Å²) in [6, 6.07) is 27.2. The molecule has 39 heavy (non-hydrogen) atoms. The average Bonchev–Trinajstić information content (AvgIpc) is 3.34. The van der Waals surface area contributed by atoms with Crippen LogP contribution in [0.1, 0.15) is 79.8 Å². The number of para-hydroxylation sites is 2. The van der Waals surface area contributed by atoms with Crippen molar-refractivity contribution >= 4 is 65.4 Å². The second kappa shape index (κ2) is 10.1. The minimum Gasteiger partial charge on any atom is -0.100 e. The Labute approximate surface area is 249 Å². The molecule has 0 N–H and O–H groups in total. The first kappa shape index (κ1) is 26.7. The molecule has 0 bridgehead atoms. The average molecular weight is 644 g/mol. The third-order valence-electron chi connectivity index (χ3n) is 8.20. The lowest BCUT2D eigenvalue weighted by molar-refractivity contribution is -0.671. The molecule has 0 aromatic heterocycles. The highest BCUT2D eigenvalue weighted by Gasteiger charge is 2.64. The number of hydrogen-bond donors (Lipinski definition) is 0. The molecular weight excluding hydrogens is 608 g/mol. The van der Waals surface area contributed by atoms with Gasteiger partial charge in [0.05, 0.1) is 43.0 Å². The van der Waals surface area contributed by atoms with Crippen molar-refractivity contribution in [1.29, 1.82) is 0 Å². The number of halogens is 2. The summed E-state index contributed by atoms with van der Waals surface area (Å²) in [5, 5.41) is 2.64. The molecule has 2 aliphatic rings. The van der Waals surface area contributed by atoms with E-state index in [2.05, 4.69) is 148 Å². The van der Waals surface area contributed by atoms with Crippen LogP contribution in [0.2, 0.25) is 0 Å². The van der Waals surface area contributed by atoms with Gasteiger partial charge in [-0.25, -0.2) is 0 Å². The number of rotatable bonds is 7. The predicted molar refractivity (Wildman–Crippen MR) is 172 cm³/mol. The van der Waals surface area contributed by atoms with Gasteiger partial charge in [0.1, 0.15) is 0 Å². The van der Waals surface area contributed by atoms with Crippen molar-refractivity contribution in [2.24, 2.45) is 0 Å². The zero-order chi connectivity index (χ0) is 27.5. The maximum atomic E-state index is 4.32. The fourth-order valence-electron chi connectivity index (χ4n) is 6.63. The fourth-order valence-corrected chi connectivity index (χ4v) is 8.05. The smallest absolute Gasteiger partial charge is 0.100 e. The van der Waals surface area contributed by atoms with Crippen LogP contribution < -0.4 is 0 Å². The van der Waals surface area contributed by atoms with Gasteiger partial charge >= 0.3 is 3.48 Å². The van der Waals surface area contributed by atoms with Gasteiger partial charge in [0.15, 0.2) is 0 Å². The standard InChI is InChI=1S/C35H36Br2N2/c1-6-12-25-17-9-18-26(13-7-2)32(25)39-34-29-21-11-16-24-15-10-20-28(30(24)29)33(34)38(35(39,36)37)31-23(5)14-8-19-27(31)22(3)4/h8-11,14-22H,6-7,12-13H2,1-5H3/q+2. The molecule has 0 amide bonds.